The summed E-state index contributed by atoms with van der Waals surface area (Å²) in [7, 11) is -3.96. The molecule has 9 heteroatoms. The fourth-order valence-corrected chi connectivity index (χ4v) is 3.45. The molecule has 1 aromatic heterocycles. The van der Waals surface area contributed by atoms with Crippen molar-refractivity contribution in [2.45, 2.75) is 11.4 Å². The predicted molar refractivity (Wildman–Crippen MR) is 73.8 cm³/mol. The van der Waals surface area contributed by atoms with Crippen molar-refractivity contribution >= 4 is 31.9 Å². The standard InChI is InChI=1S/C12H9BrFNO5S/c13-11-10(5-9(20-11)12(16)17)21(18,19)15-6-7-1-3-8(14)4-2-7/h1-5,15H,6H2,(H,16,17). The lowest BCUT2D eigenvalue weighted by molar-refractivity contribution is 0.0661. The fourth-order valence-electron chi connectivity index (χ4n) is 1.50. The second-order valence-electron chi connectivity index (χ2n) is 4.00. The minimum absolute atomic E-state index is 0.0668. The zero-order chi connectivity index (χ0) is 15.6. The van der Waals surface area contributed by atoms with Crippen molar-refractivity contribution in [1.82, 2.24) is 4.72 Å². The van der Waals surface area contributed by atoms with Gasteiger partial charge in [0.25, 0.3) is 0 Å². The molecular formula is C12H9BrFNO5S. The number of aromatic carboxylic acids is 1. The van der Waals surface area contributed by atoms with E-state index >= 15 is 0 Å². The molecule has 0 spiro atoms. The molecule has 0 aliphatic heterocycles. The lowest BCUT2D eigenvalue weighted by Gasteiger charge is -2.05. The van der Waals surface area contributed by atoms with Crippen LogP contribution in [0.5, 0.6) is 0 Å². The van der Waals surface area contributed by atoms with Gasteiger partial charge in [-0.1, -0.05) is 12.1 Å². The molecule has 0 saturated heterocycles. The lowest BCUT2D eigenvalue weighted by Crippen LogP contribution is -2.23. The molecule has 0 radical (unpaired) electrons. The number of halogens is 2. The first-order chi connectivity index (χ1) is 9.79. The molecule has 2 N–H and O–H groups in total. The first-order valence-electron chi connectivity index (χ1n) is 5.56. The summed E-state index contributed by atoms with van der Waals surface area (Å²) in [5, 5.41) is 8.76. The van der Waals surface area contributed by atoms with Gasteiger partial charge in [0.05, 0.1) is 0 Å². The summed E-state index contributed by atoms with van der Waals surface area (Å²) in [5.41, 5.74) is 0.554. The van der Waals surface area contributed by atoms with Gasteiger partial charge in [0.15, 0.2) is 4.67 Å². The van der Waals surface area contributed by atoms with Gasteiger partial charge in [0.1, 0.15) is 10.7 Å². The highest BCUT2D eigenvalue weighted by Crippen LogP contribution is 2.26. The third kappa shape index (κ3) is 3.69. The van der Waals surface area contributed by atoms with E-state index in [1.54, 1.807) is 0 Å². The molecule has 0 aliphatic carbocycles. The van der Waals surface area contributed by atoms with E-state index in [2.05, 4.69) is 20.7 Å². The summed E-state index contributed by atoms with van der Waals surface area (Å²) >= 11 is 2.86. The quantitative estimate of drug-likeness (QED) is 0.833. The zero-order valence-corrected chi connectivity index (χ0v) is 12.7. The van der Waals surface area contributed by atoms with E-state index in [9.17, 15) is 17.6 Å². The van der Waals surface area contributed by atoms with Crippen LogP contribution in [0.2, 0.25) is 0 Å². The molecular weight excluding hydrogens is 369 g/mol. The second-order valence-corrected chi connectivity index (χ2v) is 6.46. The second kappa shape index (κ2) is 5.96. The van der Waals surface area contributed by atoms with Crippen LogP contribution >= 0.6 is 15.9 Å². The minimum atomic E-state index is -3.96. The fraction of sp³-hybridized carbons (Fsp3) is 0.0833. The van der Waals surface area contributed by atoms with E-state index in [0.717, 1.165) is 6.07 Å². The van der Waals surface area contributed by atoms with E-state index in [0.29, 0.717) is 5.56 Å². The minimum Gasteiger partial charge on any atom is -0.475 e. The first kappa shape index (κ1) is 15.7. The van der Waals surface area contributed by atoms with Crippen LogP contribution in [0.3, 0.4) is 0 Å². The predicted octanol–water partition coefficient (Wildman–Crippen LogP) is 2.36. The van der Waals surface area contributed by atoms with E-state index in [1.165, 1.54) is 24.3 Å². The molecule has 0 saturated carbocycles. The topological polar surface area (TPSA) is 96.6 Å². The third-order valence-corrected chi connectivity index (χ3v) is 4.79. The van der Waals surface area contributed by atoms with Gasteiger partial charge in [0.2, 0.25) is 15.8 Å². The average molecular weight is 378 g/mol. The van der Waals surface area contributed by atoms with Crippen molar-refractivity contribution in [3.63, 3.8) is 0 Å². The van der Waals surface area contributed by atoms with Crippen LogP contribution < -0.4 is 4.72 Å². The van der Waals surface area contributed by atoms with Gasteiger partial charge in [0, 0.05) is 12.6 Å². The Balaban J connectivity index is 2.18. The summed E-state index contributed by atoms with van der Waals surface area (Å²) in [6.07, 6.45) is 0. The Labute approximate surface area is 127 Å². The Morgan fingerprint density at radius 1 is 1.33 bits per heavy atom. The first-order valence-corrected chi connectivity index (χ1v) is 7.84. The van der Waals surface area contributed by atoms with E-state index in [1.807, 2.05) is 0 Å². The van der Waals surface area contributed by atoms with Gasteiger partial charge in [-0.05, 0) is 33.6 Å². The van der Waals surface area contributed by atoms with Crippen LogP contribution in [0, 0.1) is 5.82 Å². The molecule has 0 amide bonds. The molecule has 2 rings (SSSR count). The number of sulfonamides is 1. The molecule has 0 fully saturated rings. The van der Waals surface area contributed by atoms with Crippen LogP contribution in [0.1, 0.15) is 16.1 Å². The summed E-state index contributed by atoms with van der Waals surface area (Å²) in [4.78, 5) is 10.4. The maximum Gasteiger partial charge on any atom is 0.371 e. The van der Waals surface area contributed by atoms with Crippen LogP contribution in [0.15, 0.2) is 44.3 Å². The van der Waals surface area contributed by atoms with Gasteiger partial charge in [-0.2, -0.15) is 0 Å². The maximum atomic E-state index is 12.7. The summed E-state index contributed by atoms with van der Waals surface area (Å²) in [5.74, 6) is -2.30. The van der Waals surface area contributed by atoms with Crippen LogP contribution in [-0.4, -0.2) is 19.5 Å². The van der Waals surface area contributed by atoms with E-state index in [-0.39, 0.29) is 16.1 Å². The van der Waals surface area contributed by atoms with Crippen LogP contribution in [-0.2, 0) is 16.6 Å². The van der Waals surface area contributed by atoms with Gasteiger partial charge in [-0.15, -0.1) is 0 Å². The summed E-state index contributed by atoms with van der Waals surface area (Å²) in [6.45, 7) is -0.0668. The monoisotopic (exact) mass is 377 g/mol. The van der Waals surface area contributed by atoms with Gasteiger partial charge in [-0.3, -0.25) is 0 Å². The SMILES string of the molecule is O=C(O)c1cc(S(=O)(=O)NCc2ccc(F)cc2)c(Br)o1. The molecule has 6 nitrogen and oxygen atoms in total. The highest BCUT2D eigenvalue weighted by atomic mass is 79.9. The number of rotatable bonds is 5. The Morgan fingerprint density at radius 3 is 2.48 bits per heavy atom. The van der Waals surface area contributed by atoms with Crippen LogP contribution in [0.4, 0.5) is 4.39 Å². The molecule has 112 valence electrons. The molecule has 2 aromatic rings. The Kier molecular flexibility index (Phi) is 4.45. The number of furan rings is 1. The molecule has 1 heterocycles. The smallest absolute Gasteiger partial charge is 0.371 e. The normalized spacial score (nSPS) is 11.5. The van der Waals surface area contributed by atoms with Crippen molar-refractivity contribution in [3.05, 3.63) is 52.1 Å². The van der Waals surface area contributed by atoms with Crippen molar-refractivity contribution in [3.8, 4) is 0 Å². The van der Waals surface area contributed by atoms with Crippen molar-refractivity contribution in [1.29, 1.82) is 0 Å². The Hall–Kier alpha value is -1.71. The molecule has 21 heavy (non-hydrogen) atoms. The number of carboxylic acids is 1. The molecule has 0 atom stereocenters. The van der Waals surface area contributed by atoms with Gasteiger partial charge < -0.3 is 9.52 Å². The van der Waals surface area contributed by atoms with Crippen molar-refractivity contribution in [2.75, 3.05) is 0 Å². The maximum absolute atomic E-state index is 12.7. The summed E-state index contributed by atoms with van der Waals surface area (Å²) < 4.78 is 43.7. The van der Waals surface area contributed by atoms with Crippen LogP contribution in [0.25, 0.3) is 0 Å². The van der Waals surface area contributed by atoms with Gasteiger partial charge in [-0.25, -0.2) is 22.3 Å². The molecule has 0 aliphatic rings. The highest BCUT2D eigenvalue weighted by Gasteiger charge is 2.24. The van der Waals surface area contributed by atoms with Crippen molar-refractivity contribution in [2.24, 2.45) is 0 Å². The number of benzene rings is 1. The Bertz CT molecular complexity index is 769. The number of carbonyl (C=O) groups is 1. The zero-order valence-electron chi connectivity index (χ0n) is 10.3. The highest BCUT2D eigenvalue weighted by molar-refractivity contribution is 9.10. The van der Waals surface area contributed by atoms with E-state index < -0.39 is 27.6 Å². The average Bonchev–Trinajstić information content (AvgIpc) is 2.81. The number of nitrogens with one attached hydrogen (secondary N) is 1. The lowest BCUT2D eigenvalue weighted by atomic mass is 10.2. The number of hydrogen-bond donors (Lipinski definition) is 2. The Morgan fingerprint density at radius 2 is 1.95 bits per heavy atom. The molecule has 0 bridgehead atoms. The van der Waals surface area contributed by atoms with E-state index in [4.69, 9.17) is 9.52 Å². The third-order valence-electron chi connectivity index (χ3n) is 2.54. The van der Waals surface area contributed by atoms with Gasteiger partial charge >= 0.3 is 5.97 Å². The summed E-state index contributed by atoms with van der Waals surface area (Å²) in [6, 6.07) is 6.19. The number of carboxylic acid groups (broad SMARTS) is 1. The van der Waals surface area contributed by atoms with Crippen molar-refractivity contribution < 1.29 is 27.1 Å². The largest absolute Gasteiger partial charge is 0.475 e. The number of hydrogen-bond acceptors (Lipinski definition) is 4. The molecule has 0 unspecified atom stereocenters. The molecule has 1 aromatic carbocycles.